The summed E-state index contributed by atoms with van der Waals surface area (Å²) >= 11 is 0. The Balaban J connectivity index is 2.51. The van der Waals surface area contributed by atoms with Gasteiger partial charge < -0.3 is 15.2 Å². The summed E-state index contributed by atoms with van der Waals surface area (Å²) in [4.78, 5) is 24.7. The summed E-state index contributed by atoms with van der Waals surface area (Å²) in [6.45, 7) is 1.57. The maximum absolute atomic E-state index is 12.4. The first-order valence-electron chi connectivity index (χ1n) is 6.75. The van der Waals surface area contributed by atoms with E-state index in [1.54, 1.807) is 0 Å². The first-order valence-corrected chi connectivity index (χ1v) is 6.75. The minimum atomic E-state index is -4.88. The molecule has 1 unspecified atom stereocenters. The van der Waals surface area contributed by atoms with Gasteiger partial charge in [0.1, 0.15) is 11.3 Å². The van der Waals surface area contributed by atoms with Crippen LogP contribution >= 0.6 is 0 Å². The zero-order chi connectivity index (χ0) is 17.3. The number of halogens is 3. The monoisotopic (exact) mass is 332 g/mol. The van der Waals surface area contributed by atoms with Crippen LogP contribution in [0.1, 0.15) is 12.5 Å². The van der Waals surface area contributed by atoms with Gasteiger partial charge in [-0.25, -0.2) is 4.79 Å². The molecule has 1 aliphatic rings. The third-order valence-corrected chi connectivity index (χ3v) is 3.71. The summed E-state index contributed by atoms with van der Waals surface area (Å²) in [6, 6.07) is 4.83. The number of amides is 1. The lowest BCUT2D eigenvalue weighted by atomic mass is 9.83. The molecule has 2 N–H and O–H groups in total. The van der Waals surface area contributed by atoms with Crippen LogP contribution in [0.5, 0.6) is 5.75 Å². The van der Waals surface area contributed by atoms with Gasteiger partial charge in [0.25, 0.3) is 0 Å². The minimum Gasteiger partial charge on any atom is -0.465 e. The summed E-state index contributed by atoms with van der Waals surface area (Å²) in [7, 11) is 0. The molecule has 1 aromatic rings. The number of carbonyl (C=O) groups excluding carboxylic acids is 1. The van der Waals surface area contributed by atoms with Crippen molar-refractivity contribution in [3.63, 3.8) is 0 Å². The maximum atomic E-state index is 12.4. The highest BCUT2D eigenvalue weighted by Gasteiger charge is 2.47. The van der Waals surface area contributed by atoms with E-state index >= 15 is 0 Å². The molecule has 0 radical (unpaired) electrons. The van der Waals surface area contributed by atoms with E-state index in [4.69, 9.17) is 0 Å². The summed E-state index contributed by atoms with van der Waals surface area (Å²) < 4.78 is 41.0. The van der Waals surface area contributed by atoms with Crippen molar-refractivity contribution in [2.45, 2.75) is 18.8 Å². The molecule has 0 bridgehead atoms. The van der Waals surface area contributed by atoms with Crippen molar-refractivity contribution in [2.24, 2.45) is 0 Å². The lowest BCUT2D eigenvalue weighted by Gasteiger charge is -2.44. The minimum absolute atomic E-state index is 0.0237. The number of piperazine rings is 1. The van der Waals surface area contributed by atoms with Gasteiger partial charge in [0.2, 0.25) is 0 Å². The fraction of sp³-hybridized carbons (Fsp3) is 0.429. The number of ether oxygens (including phenoxy) is 1. The van der Waals surface area contributed by atoms with Crippen LogP contribution in [-0.4, -0.2) is 47.9 Å². The van der Waals surface area contributed by atoms with Crippen LogP contribution in [0, 0.1) is 0 Å². The molecule has 0 spiro atoms. The predicted octanol–water partition coefficient (Wildman–Crippen LogP) is 1.95. The molecule has 6 nitrogen and oxygen atoms in total. The SMILES string of the molecule is CC(=O)C1(c2cccc(OC(F)(F)F)c2)CNCCN1C(=O)O. The number of nitrogens with zero attached hydrogens (tertiary/aromatic N) is 1. The molecule has 1 fully saturated rings. The van der Waals surface area contributed by atoms with E-state index in [1.807, 2.05) is 0 Å². The van der Waals surface area contributed by atoms with E-state index in [1.165, 1.54) is 19.1 Å². The summed E-state index contributed by atoms with van der Waals surface area (Å²) in [5, 5.41) is 12.3. The molecule has 126 valence electrons. The fourth-order valence-corrected chi connectivity index (χ4v) is 2.73. The van der Waals surface area contributed by atoms with Crippen molar-refractivity contribution < 1.29 is 32.6 Å². The van der Waals surface area contributed by atoms with E-state index in [2.05, 4.69) is 10.1 Å². The van der Waals surface area contributed by atoms with E-state index in [9.17, 15) is 27.9 Å². The molecule has 1 aliphatic heterocycles. The fourth-order valence-electron chi connectivity index (χ4n) is 2.73. The number of benzene rings is 1. The van der Waals surface area contributed by atoms with Crippen LogP contribution in [0.4, 0.5) is 18.0 Å². The average Bonchev–Trinajstić information content (AvgIpc) is 2.45. The number of nitrogens with one attached hydrogen (secondary N) is 1. The molecule has 9 heteroatoms. The molecule has 1 saturated heterocycles. The molecule has 1 amide bonds. The number of alkyl halides is 3. The Kier molecular flexibility index (Phi) is 4.51. The Morgan fingerprint density at radius 1 is 1.39 bits per heavy atom. The predicted molar refractivity (Wildman–Crippen MR) is 73.1 cm³/mol. The second-order valence-electron chi connectivity index (χ2n) is 5.10. The lowest BCUT2D eigenvalue weighted by molar-refractivity contribution is -0.274. The first-order chi connectivity index (χ1) is 10.7. The third-order valence-electron chi connectivity index (χ3n) is 3.71. The van der Waals surface area contributed by atoms with E-state index in [-0.39, 0.29) is 18.7 Å². The summed E-state index contributed by atoms with van der Waals surface area (Å²) in [5.41, 5.74) is -1.46. The van der Waals surface area contributed by atoms with Crippen LogP contribution < -0.4 is 10.1 Å². The Morgan fingerprint density at radius 2 is 2.09 bits per heavy atom. The van der Waals surface area contributed by atoms with Gasteiger partial charge in [0.15, 0.2) is 5.78 Å². The van der Waals surface area contributed by atoms with Crippen molar-refractivity contribution in [3.8, 4) is 5.75 Å². The number of hydrogen-bond acceptors (Lipinski definition) is 4. The van der Waals surface area contributed by atoms with Gasteiger partial charge in [0.05, 0.1) is 0 Å². The molecule has 23 heavy (non-hydrogen) atoms. The van der Waals surface area contributed by atoms with E-state index in [0.717, 1.165) is 17.0 Å². The molecule has 0 saturated carbocycles. The number of carbonyl (C=O) groups is 2. The quantitative estimate of drug-likeness (QED) is 0.884. The number of Topliss-reactive ketones (excluding diaryl/α,β-unsaturated/α-hetero) is 1. The Labute approximate surface area is 129 Å². The second kappa shape index (κ2) is 6.07. The second-order valence-corrected chi connectivity index (χ2v) is 5.10. The number of carboxylic acid groups (broad SMARTS) is 1. The van der Waals surface area contributed by atoms with Crippen molar-refractivity contribution in [2.75, 3.05) is 19.6 Å². The highest BCUT2D eigenvalue weighted by Crippen LogP contribution is 2.34. The van der Waals surface area contributed by atoms with Crippen molar-refractivity contribution in [3.05, 3.63) is 29.8 Å². The average molecular weight is 332 g/mol. The smallest absolute Gasteiger partial charge is 0.465 e. The summed E-state index contributed by atoms with van der Waals surface area (Å²) in [5.74, 6) is -0.997. The van der Waals surface area contributed by atoms with Crippen molar-refractivity contribution in [1.29, 1.82) is 0 Å². The van der Waals surface area contributed by atoms with Gasteiger partial charge >= 0.3 is 12.5 Å². The van der Waals surface area contributed by atoms with Gasteiger partial charge in [-0.15, -0.1) is 13.2 Å². The van der Waals surface area contributed by atoms with Crippen molar-refractivity contribution >= 4 is 11.9 Å². The maximum Gasteiger partial charge on any atom is 0.573 e. The van der Waals surface area contributed by atoms with Crippen LogP contribution in [0.2, 0.25) is 0 Å². The van der Waals surface area contributed by atoms with Crippen LogP contribution in [0.25, 0.3) is 0 Å². The molecule has 1 atom stereocenters. The molecular weight excluding hydrogens is 317 g/mol. The zero-order valence-electron chi connectivity index (χ0n) is 12.2. The number of rotatable bonds is 3. The molecule has 0 aliphatic carbocycles. The van der Waals surface area contributed by atoms with Gasteiger partial charge in [0, 0.05) is 19.6 Å². The third kappa shape index (κ3) is 3.39. The van der Waals surface area contributed by atoms with E-state index in [0.29, 0.717) is 6.54 Å². The zero-order valence-corrected chi connectivity index (χ0v) is 12.2. The number of hydrogen-bond donors (Lipinski definition) is 2. The lowest BCUT2D eigenvalue weighted by Crippen LogP contribution is -2.64. The van der Waals surface area contributed by atoms with Gasteiger partial charge in [-0.05, 0) is 24.6 Å². The van der Waals surface area contributed by atoms with Gasteiger partial charge in [-0.3, -0.25) is 9.69 Å². The van der Waals surface area contributed by atoms with Gasteiger partial charge in [-0.1, -0.05) is 12.1 Å². The molecule has 1 heterocycles. The number of ketones is 1. The van der Waals surface area contributed by atoms with Crippen LogP contribution in [0.3, 0.4) is 0 Å². The molecule has 0 aromatic heterocycles. The van der Waals surface area contributed by atoms with Gasteiger partial charge in [-0.2, -0.15) is 0 Å². The Morgan fingerprint density at radius 3 is 2.65 bits per heavy atom. The standard InChI is InChI=1S/C14H15F3N2O4/c1-9(20)13(8-18-5-6-19(13)12(21)22)10-3-2-4-11(7-10)23-14(15,16)17/h2-4,7,18H,5-6,8H2,1H3,(H,21,22). The van der Waals surface area contributed by atoms with Crippen LogP contribution in [0.15, 0.2) is 24.3 Å². The van der Waals surface area contributed by atoms with Crippen molar-refractivity contribution in [1.82, 2.24) is 10.2 Å². The largest absolute Gasteiger partial charge is 0.573 e. The summed E-state index contributed by atoms with van der Waals surface area (Å²) in [6.07, 6.45) is -6.19. The van der Waals surface area contributed by atoms with E-state index < -0.39 is 29.5 Å². The molecule has 1 aromatic carbocycles. The highest BCUT2D eigenvalue weighted by molar-refractivity contribution is 5.91. The first kappa shape index (κ1) is 17.1. The molecular formula is C14H15F3N2O4. The normalized spacial score (nSPS) is 21.8. The topological polar surface area (TPSA) is 78.9 Å². The van der Waals surface area contributed by atoms with Crippen LogP contribution in [-0.2, 0) is 10.3 Å². The molecule has 2 rings (SSSR count). The Hall–Kier alpha value is -2.29. The highest BCUT2D eigenvalue weighted by atomic mass is 19.4. The Bertz CT molecular complexity index is 620.